The zero-order valence-electron chi connectivity index (χ0n) is 13.7. The lowest BCUT2D eigenvalue weighted by Crippen LogP contribution is -2.39. The van der Waals surface area contributed by atoms with Gasteiger partial charge in [-0.15, -0.1) is 0 Å². The van der Waals surface area contributed by atoms with Gasteiger partial charge in [0.1, 0.15) is 5.82 Å². The molecule has 0 spiro atoms. The van der Waals surface area contributed by atoms with Crippen LogP contribution in [0.25, 0.3) is 0 Å². The first-order valence-corrected chi connectivity index (χ1v) is 8.54. The Labute approximate surface area is 136 Å². The van der Waals surface area contributed by atoms with E-state index in [-0.39, 0.29) is 17.5 Å². The maximum absolute atomic E-state index is 14.6. The van der Waals surface area contributed by atoms with Crippen LogP contribution in [0.4, 0.5) is 4.39 Å². The molecule has 5 heteroatoms. The monoisotopic (exact) mass is 320 g/mol. The molecule has 2 saturated heterocycles. The van der Waals surface area contributed by atoms with Crippen LogP contribution in [0.5, 0.6) is 0 Å². The Morgan fingerprint density at radius 1 is 1.22 bits per heavy atom. The molecule has 2 aliphatic rings. The minimum absolute atomic E-state index is 0.0825. The quantitative estimate of drug-likeness (QED) is 0.900. The summed E-state index contributed by atoms with van der Waals surface area (Å²) in [4.78, 5) is 12.4. The first-order valence-electron chi connectivity index (χ1n) is 8.54. The van der Waals surface area contributed by atoms with E-state index in [1.807, 2.05) is 13.0 Å². The smallest absolute Gasteiger partial charge is 0.254 e. The van der Waals surface area contributed by atoms with Gasteiger partial charge in [-0.3, -0.25) is 4.79 Å². The summed E-state index contributed by atoms with van der Waals surface area (Å²) in [5, 5.41) is 6.27. The number of hydrogen-bond donors (Lipinski definition) is 2. The van der Waals surface area contributed by atoms with Crippen molar-refractivity contribution in [2.24, 2.45) is 0 Å². The maximum Gasteiger partial charge on any atom is 0.254 e. The summed E-state index contributed by atoms with van der Waals surface area (Å²) in [6.45, 7) is 5.07. The lowest BCUT2D eigenvalue weighted by Gasteiger charge is -2.25. The Balaban J connectivity index is 1.75. The van der Waals surface area contributed by atoms with E-state index in [0.717, 1.165) is 49.9 Å². The van der Waals surface area contributed by atoms with Gasteiger partial charge >= 0.3 is 0 Å². The fourth-order valence-corrected chi connectivity index (χ4v) is 3.55. The molecule has 0 unspecified atom stereocenters. The van der Waals surface area contributed by atoms with Crippen LogP contribution >= 0.6 is 0 Å². The number of aryl methyl sites for hydroxylation is 1. The highest BCUT2D eigenvalue weighted by atomic mass is 19.1. The van der Waals surface area contributed by atoms with Gasteiger partial charge in [0.15, 0.2) is 0 Å². The fraction of sp³-hybridized carbons (Fsp3) is 0.611. The average molecular weight is 320 g/mol. The average Bonchev–Trinajstić information content (AvgIpc) is 2.56. The van der Waals surface area contributed by atoms with Gasteiger partial charge in [-0.05, 0) is 68.8 Å². The molecule has 0 aromatic heterocycles. The molecule has 23 heavy (non-hydrogen) atoms. The fourth-order valence-electron chi connectivity index (χ4n) is 3.55. The van der Waals surface area contributed by atoms with Gasteiger partial charge in [0.05, 0.1) is 5.56 Å². The van der Waals surface area contributed by atoms with Gasteiger partial charge in [-0.2, -0.15) is 0 Å². The predicted molar refractivity (Wildman–Crippen MR) is 87.3 cm³/mol. The maximum atomic E-state index is 14.6. The molecule has 2 aliphatic heterocycles. The van der Waals surface area contributed by atoms with Crippen LogP contribution in [0, 0.1) is 12.7 Å². The normalized spacial score (nSPS) is 20.4. The number of hydrogen-bond acceptors (Lipinski definition) is 3. The van der Waals surface area contributed by atoms with Crippen molar-refractivity contribution in [3.05, 3.63) is 34.6 Å². The molecule has 1 aromatic carbocycles. The molecule has 0 bridgehead atoms. The van der Waals surface area contributed by atoms with Crippen LogP contribution in [-0.4, -0.2) is 38.3 Å². The number of halogens is 1. The summed E-state index contributed by atoms with van der Waals surface area (Å²) in [5.74, 6) is -0.316. The molecule has 2 N–H and O–H groups in total. The zero-order valence-corrected chi connectivity index (χ0v) is 13.7. The molecular formula is C18H25FN2O2. The summed E-state index contributed by atoms with van der Waals surface area (Å²) >= 11 is 0. The molecular weight excluding hydrogens is 295 g/mol. The number of nitrogens with one attached hydrogen (secondary N) is 2. The van der Waals surface area contributed by atoms with Crippen molar-refractivity contribution in [3.8, 4) is 0 Å². The Kier molecular flexibility index (Phi) is 5.28. The van der Waals surface area contributed by atoms with Gasteiger partial charge in [-0.1, -0.05) is 6.07 Å². The molecule has 126 valence electrons. The van der Waals surface area contributed by atoms with E-state index in [0.29, 0.717) is 19.1 Å². The molecule has 0 radical (unpaired) electrons. The topological polar surface area (TPSA) is 50.4 Å². The van der Waals surface area contributed by atoms with Crippen molar-refractivity contribution in [1.82, 2.24) is 10.6 Å². The number of carbonyl (C=O) groups excluding carboxylic acids is 1. The van der Waals surface area contributed by atoms with Crippen molar-refractivity contribution < 1.29 is 13.9 Å². The Bertz CT molecular complexity index is 541. The number of carbonyl (C=O) groups is 1. The van der Waals surface area contributed by atoms with E-state index in [1.54, 1.807) is 6.07 Å². The van der Waals surface area contributed by atoms with E-state index < -0.39 is 5.82 Å². The lowest BCUT2D eigenvalue weighted by atomic mass is 9.88. The third kappa shape index (κ3) is 3.90. The number of ether oxygens (including phenoxy) is 1. The van der Waals surface area contributed by atoms with Gasteiger partial charge in [0.25, 0.3) is 5.91 Å². The van der Waals surface area contributed by atoms with Crippen molar-refractivity contribution in [2.75, 3.05) is 26.3 Å². The minimum atomic E-state index is -0.400. The highest BCUT2D eigenvalue weighted by molar-refractivity contribution is 5.96. The second-order valence-electron chi connectivity index (χ2n) is 6.58. The van der Waals surface area contributed by atoms with Crippen LogP contribution in [0.1, 0.15) is 53.1 Å². The van der Waals surface area contributed by atoms with Crippen LogP contribution in [-0.2, 0) is 4.74 Å². The van der Waals surface area contributed by atoms with Crippen molar-refractivity contribution >= 4 is 5.91 Å². The molecule has 2 heterocycles. The number of amides is 1. The van der Waals surface area contributed by atoms with Crippen molar-refractivity contribution in [3.63, 3.8) is 0 Å². The Hall–Kier alpha value is -1.46. The van der Waals surface area contributed by atoms with E-state index >= 15 is 0 Å². The summed E-state index contributed by atoms with van der Waals surface area (Å²) in [6.07, 6.45) is 3.62. The van der Waals surface area contributed by atoms with E-state index in [9.17, 15) is 9.18 Å². The van der Waals surface area contributed by atoms with Crippen LogP contribution in [0.15, 0.2) is 12.1 Å². The lowest BCUT2D eigenvalue weighted by molar-refractivity contribution is 0.0694. The van der Waals surface area contributed by atoms with Crippen LogP contribution in [0.2, 0.25) is 0 Å². The molecule has 2 fully saturated rings. The van der Waals surface area contributed by atoms with Crippen LogP contribution < -0.4 is 10.6 Å². The molecule has 1 amide bonds. The van der Waals surface area contributed by atoms with E-state index in [1.165, 1.54) is 0 Å². The Morgan fingerprint density at radius 2 is 1.91 bits per heavy atom. The first-order chi connectivity index (χ1) is 11.1. The van der Waals surface area contributed by atoms with Gasteiger partial charge in [-0.25, -0.2) is 4.39 Å². The van der Waals surface area contributed by atoms with E-state index in [2.05, 4.69) is 10.6 Å². The van der Waals surface area contributed by atoms with Crippen LogP contribution in [0.3, 0.4) is 0 Å². The molecule has 0 saturated carbocycles. The Morgan fingerprint density at radius 3 is 2.57 bits per heavy atom. The third-order valence-corrected chi connectivity index (χ3v) is 4.90. The molecule has 1 aromatic rings. The SMILES string of the molecule is Cc1cc(C2CCNCC2)cc(F)c1C(=O)NC1CCOCC1. The highest BCUT2D eigenvalue weighted by Crippen LogP contribution is 2.28. The summed E-state index contributed by atoms with van der Waals surface area (Å²) in [5.41, 5.74) is 1.93. The molecule has 0 aliphatic carbocycles. The van der Waals surface area contributed by atoms with Crippen molar-refractivity contribution in [2.45, 2.75) is 44.6 Å². The zero-order chi connectivity index (χ0) is 16.2. The highest BCUT2D eigenvalue weighted by Gasteiger charge is 2.23. The molecule has 0 atom stereocenters. The number of piperidine rings is 1. The molecule has 3 rings (SSSR count). The number of rotatable bonds is 3. The van der Waals surface area contributed by atoms with Gasteiger partial charge in [0, 0.05) is 19.3 Å². The second kappa shape index (κ2) is 7.41. The summed E-state index contributed by atoms with van der Waals surface area (Å²) < 4.78 is 19.9. The van der Waals surface area contributed by atoms with Gasteiger partial charge in [0.2, 0.25) is 0 Å². The summed E-state index contributed by atoms with van der Waals surface area (Å²) in [6, 6.07) is 3.62. The van der Waals surface area contributed by atoms with Crippen molar-refractivity contribution in [1.29, 1.82) is 0 Å². The van der Waals surface area contributed by atoms with Gasteiger partial charge < -0.3 is 15.4 Å². The largest absolute Gasteiger partial charge is 0.381 e. The van der Waals surface area contributed by atoms with E-state index in [4.69, 9.17) is 4.74 Å². The first kappa shape index (κ1) is 16.4. The number of benzene rings is 1. The second-order valence-corrected chi connectivity index (χ2v) is 6.58. The third-order valence-electron chi connectivity index (χ3n) is 4.90. The molecule has 4 nitrogen and oxygen atoms in total. The summed E-state index contributed by atoms with van der Waals surface area (Å²) in [7, 11) is 0. The standard InChI is InChI=1S/C18H25FN2O2/c1-12-10-14(13-2-6-20-7-3-13)11-16(19)17(12)18(22)21-15-4-8-23-9-5-15/h10-11,13,15,20H,2-9H2,1H3,(H,21,22). The predicted octanol–water partition coefficient (Wildman–Crippen LogP) is 2.51. The minimum Gasteiger partial charge on any atom is -0.381 e.